The number of hydrogen-bond donors (Lipinski definition) is 1. The molecule has 3 rings (SSSR count). The highest BCUT2D eigenvalue weighted by Crippen LogP contribution is 2.38. The Kier molecular flexibility index (Phi) is 7.65. The second-order valence-corrected chi connectivity index (χ2v) is 10.8. The molecule has 2 aliphatic heterocycles. The second-order valence-electron chi connectivity index (χ2n) is 10.4. The van der Waals surface area contributed by atoms with Crippen LogP contribution in [-0.4, -0.2) is 60.3 Å². The number of hydrogen-bond acceptors (Lipinski definition) is 5. The van der Waals surface area contributed by atoms with E-state index in [0.29, 0.717) is 16.2 Å². The fourth-order valence-corrected chi connectivity index (χ4v) is 4.39. The molecule has 0 unspecified atom stereocenters. The van der Waals surface area contributed by atoms with Crippen LogP contribution in [0.2, 0.25) is 5.02 Å². The van der Waals surface area contributed by atoms with Crippen molar-refractivity contribution >= 4 is 37.2 Å². The number of benzene rings is 1. The number of amides is 1. The molecule has 0 spiro atoms. The number of likely N-dealkylation sites (tertiary alicyclic amines) is 1. The minimum absolute atomic E-state index is 0.128. The van der Waals surface area contributed by atoms with Gasteiger partial charge in [-0.25, -0.2) is 4.99 Å². The number of nitrogens with zero attached hydrogens (tertiary/aromatic N) is 3. The fourth-order valence-electron chi connectivity index (χ4n) is 4.09. The molecule has 34 heavy (non-hydrogen) atoms. The summed E-state index contributed by atoms with van der Waals surface area (Å²) in [6, 6.07) is 5.50. The average molecular weight is 487 g/mol. The zero-order chi connectivity index (χ0) is 25.3. The van der Waals surface area contributed by atoms with E-state index in [1.165, 1.54) is 0 Å². The fraction of sp³-hybridized carbons (Fsp3) is 0.560. The molecule has 9 heteroatoms. The van der Waals surface area contributed by atoms with Gasteiger partial charge in [0.1, 0.15) is 5.84 Å². The van der Waals surface area contributed by atoms with E-state index in [-0.39, 0.29) is 11.4 Å². The van der Waals surface area contributed by atoms with Crippen molar-refractivity contribution in [2.45, 2.75) is 78.0 Å². The van der Waals surface area contributed by atoms with E-state index in [4.69, 9.17) is 20.9 Å². The van der Waals surface area contributed by atoms with Crippen LogP contribution >= 0.6 is 11.6 Å². The largest absolute Gasteiger partial charge is 0.516 e. The lowest BCUT2D eigenvalue weighted by Gasteiger charge is -2.40. The molecule has 1 N–H and O–H groups in total. The molecular formula is C25H36BClN4O3. The normalized spacial score (nSPS) is 22.0. The van der Waals surface area contributed by atoms with Crippen molar-refractivity contribution in [1.29, 1.82) is 0 Å². The number of aryl methyl sites for hydroxylation is 1. The average Bonchev–Trinajstić information content (AvgIpc) is 2.95. The van der Waals surface area contributed by atoms with Crippen molar-refractivity contribution in [3.8, 4) is 0 Å². The Morgan fingerprint density at radius 3 is 2.29 bits per heavy atom. The lowest BCUT2D eigenvalue weighted by molar-refractivity contribution is 0.00578. The summed E-state index contributed by atoms with van der Waals surface area (Å²) in [6.07, 6.45) is 3.26. The van der Waals surface area contributed by atoms with Crippen LogP contribution in [0.15, 0.2) is 40.0 Å². The Morgan fingerprint density at radius 2 is 1.76 bits per heavy atom. The lowest BCUT2D eigenvalue weighted by Crippen LogP contribution is -2.54. The van der Waals surface area contributed by atoms with E-state index in [1.54, 1.807) is 12.3 Å². The Bertz CT molecular complexity index is 977. The Hall–Kier alpha value is -2.16. The van der Waals surface area contributed by atoms with Crippen molar-refractivity contribution in [1.82, 2.24) is 10.2 Å². The highest BCUT2D eigenvalue weighted by molar-refractivity contribution is 6.54. The summed E-state index contributed by atoms with van der Waals surface area (Å²) in [6.45, 7) is 19.2. The predicted octanol–water partition coefficient (Wildman–Crippen LogP) is 4.82. The van der Waals surface area contributed by atoms with Crippen LogP contribution in [0, 0.1) is 6.92 Å². The smallest absolute Gasteiger partial charge is 0.398 e. The van der Waals surface area contributed by atoms with Gasteiger partial charge in [0.2, 0.25) is 0 Å². The molecule has 2 saturated heterocycles. The Labute approximate surface area is 208 Å². The first kappa shape index (κ1) is 26.4. The van der Waals surface area contributed by atoms with Gasteiger partial charge in [-0.05, 0) is 79.7 Å². The third kappa shape index (κ3) is 5.56. The molecule has 2 aliphatic rings. The van der Waals surface area contributed by atoms with E-state index < -0.39 is 18.3 Å². The van der Waals surface area contributed by atoms with Gasteiger partial charge in [0.15, 0.2) is 0 Å². The first-order valence-electron chi connectivity index (χ1n) is 11.7. The third-order valence-electron chi connectivity index (χ3n) is 7.25. The molecule has 1 amide bonds. The molecule has 0 saturated carbocycles. The van der Waals surface area contributed by atoms with E-state index >= 15 is 0 Å². The van der Waals surface area contributed by atoms with Crippen molar-refractivity contribution in [2.75, 3.05) is 13.1 Å². The van der Waals surface area contributed by atoms with Gasteiger partial charge in [0.25, 0.3) is 5.91 Å². The van der Waals surface area contributed by atoms with Crippen LogP contribution < -0.4 is 5.32 Å². The highest BCUT2D eigenvalue weighted by atomic mass is 35.5. The molecule has 0 aliphatic carbocycles. The van der Waals surface area contributed by atoms with Gasteiger partial charge in [-0.2, -0.15) is 0 Å². The molecule has 0 aromatic heterocycles. The quantitative estimate of drug-likeness (QED) is 0.368. The molecule has 1 aromatic rings. The van der Waals surface area contributed by atoms with Crippen LogP contribution in [0.25, 0.3) is 0 Å². The van der Waals surface area contributed by atoms with Crippen molar-refractivity contribution in [3.05, 3.63) is 46.1 Å². The molecule has 7 nitrogen and oxygen atoms in total. The van der Waals surface area contributed by atoms with Gasteiger partial charge in [-0.1, -0.05) is 23.7 Å². The van der Waals surface area contributed by atoms with E-state index in [2.05, 4.69) is 33.8 Å². The zero-order valence-corrected chi connectivity index (χ0v) is 22.1. The molecule has 1 aromatic carbocycles. The van der Waals surface area contributed by atoms with Crippen LogP contribution in [0.5, 0.6) is 0 Å². The number of carbonyl (C=O) groups excluding carboxylic acids is 1. The van der Waals surface area contributed by atoms with Crippen LogP contribution in [0.4, 0.5) is 0 Å². The third-order valence-corrected chi connectivity index (χ3v) is 7.56. The maximum Gasteiger partial charge on any atom is 0.516 e. The summed E-state index contributed by atoms with van der Waals surface area (Å²) < 4.78 is 12.1. The number of rotatable bonds is 5. The Morgan fingerprint density at radius 1 is 1.18 bits per heavy atom. The van der Waals surface area contributed by atoms with Crippen LogP contribution in [-0.2, 0) is 9.31 Å². The lowest BCUT2D eigenvalue weighted by atomic mass is 9.85. The molecule has 184 valence electrons. The molecule has 0 radical (unpaired) electrons. The summed E-state index contributed by atoms with van der Waals surface area (Å²) in [4.78, 5) is 23.8. The summed E-state index contributed by atoms with van der Waals surface area (Å²) in [5, 5.41) is 3.68. The van der Waals surface area contributed by atoms with Crippen LogP contribution in [0.3, 0.4) is 0 Å². The van der Waals surface area contributed by atoms with Gasteiger partial charge in [-0.15, -0.1) is 0 Å². The number of amidine groups is 1. The monoisotopic (exact) mass is 486 g/mol. The minimum atomic E-state index is -0.604. The standard InChI is InChI=1S/C25H36BClN4O3/c1-17-10-9-11-19(27)21(17)22(32)30-25(7)12-14-31(15-13-25)18(2)29-16-20(28-8)26-33-23(3,4)24(5,6)34-26/h9-11,16H,8,12-15H2,1-7H3,(H,30,32)/b20-16-,29-18?. The van der Waals surface area contributed by atoms with Crippen molar-refractivity contribution < 1.29 is 14.1 Å². The van der Waals surface area contributed by atoms with Gasteiger partial charge < -0.3 is 19.5 Å². The SMILES string of the molecule is C=N/C(=C\N=C(C)N1CCC(C)(NC(=O)c2c(C)cccc2Cl)CC1)B1OC(C)(C)C(C)(C)O1. The maximum atomic E-state index is 12.9. The molecule has 2 heterocycles. The van der Waals surface area contributed by atoms with Crippen molar-refractivity contribution in [3.63, 3.8) is 0 Å². The summed E-state index contributed by atoms with van der Waals surface area (Å²) in [7, 11) is -0.604. The van der Waals surface area contributed by atoms with Gasteiger partial charge in [0, 0.05) is 24.8 Å². The van der Waals surface area contributed by atoms with Gasteiger partial charge >= 0.3 is 7.12 Å². The number of aliphatic imine (C=N–C) groups is 2. The summed E-state index contributed by atoms with van der Waals surface area (Å²) in [5.74, 6) is 0.740. The number of nitrogens with one attached hydrogen (secondary N) is 1. The number of halogens is 1. The summed E-state index contributed by atoms with van der Waals surface area (Å²) in [5.41, 5.74) is 0.736. The first-order chi connectivity index (χ1) is 15.8. The molecule has 0 atom stereocenters. The van der Waals surface area contributed by atoms with E-state index in [1.807, 2.05) is 53.7 Å². The minimum Gasteiger partial charge on any atom is -0.398 e. The molecule has 2 fully saturated rings. The molecule has 0 bridgehead atoms. The summed E-state index contributed by atoms with van der Waals surface area (Å²) >= 11 is 6.28. The van der Waals surface area contributed by atoms with Gasteiger partial charge in [0.05, 0.1) is 27.4 Å². The first-order valence-corrected chi connectivity index (χ1v) is 12.1. The highest BCUT2D eigenvalue weighted by Gasteiger charge is 2.52. The topological polar surface area (TPSA) is 75.5 Å². The predicted molar refractivity (Wildman–Crippen MR) is 140 cm³/mol. The maximum absolute atomic E-state index is 12.9. The number of piperidine rings is 1. The van der Waals surface area contributed by atoms with Gasteiger partial charge in [-0.3, -0.25) is 9.79 Å². The number of carbonyl (C=O) groups is 1. The Balaban J connectivity index is 1.63. The van der Waals surface area contributed by atoms with E-state index in [9.17, 15) is 4.79 Å². The molecular weight excluding hydrogens is 451 g/mol. The van der Waals surface area contributed by atoms with Crippen molar-refractivity contribution in [2.24, 2.45) is 9.98 Å². The van der Waals surface area contributed by atoms with Crippen LogP contribution in [0.1, 0.15) is 70.3 Å². The second kappa shape index (κ2) is 9.84. The van der Waals surface area contributed by atoms with E-state index in [0.717, 1.165) is 37.3 Å². The zero-order valence-electron chi connectivity index (χ0n) is 21.4.